The van der Waals surface area contributed by atoms with Gasteiger partial charge in [-0.25, -0.2) is 0 Å². The summed E-state index contributed by atoms with van der Waals surface area (Å²) in [5.41, 5.74) is 0. The van der Waals surface area contributed by atoms with E-state index in [-0.39, 0.29) is 11.8 Å². The highest BCUT2D eigenvalue weighted by atomic mass is 79.9. The number of nitrogens with zero attached hydrogens (tertiary/aromatic N) is 1. The monoisotopic (exact) mass is 349 g/mol. The lowest BCUT2D eigenvalue weighted by Crippen LogP contribution is -2.41. The first-order valence-electron chi connectivity index (χ1n) is 6.97. The van der Waals surface area contributed by atoms with Gasteiger partial charge in [-0.15, -0.1) is 0 Å². The van der Waals surface area contributed by atoms with Gasteiger partial charge in [0.2, 0.25) is 0 Å². The molecule has 0 radical (unpaired) electrons. The lowest BCUT2D eigenvalue weighted by atomic mass is 10.1. The van der Waals surface area contributed by atoms with Crippen molar-refractivity contribution in [2.45, 2.75) is 20.0 Å². The van der Waals surface area contributed by atoms with E-state index in [1.807, 2.05) is 44.2 Å². The second-order valence-corrected chi connectivity index (χ2v) is 6.41. The predicted octanol–water partition coefficient (Wildman–Crippen LogP) is 4.09. The average molecular weight is 350 g/mol. The maximum atomic E-state index is 12.2. The number of rotatable bonds is 4. The molecule has 0 bridgehead atoms. The number of carbonyl (C=O) groups is 1. The highest BCUT2D eigenvalue weighted by molar-refractivity contribution is 9.10. The Morgan fingerprint density at radius 3 is 2.43 bits per heavy atom. The molecule has 21 heavy (non-hydrogen) atoms. The fourth-order valence-electron chi connectivity index (χ4n) is 2.17. The van der Waals surface area contributed by atoms with Gasteiger partial charge in [-0.3, -0.25) is 4.79 Å². The van der Waals surface area contributed by atoms with E-state index in [4.69, 9.17) is 4.74 Å². The zero-order valence-electron chi connectivity index (χ0n) is 12.8. The molecule has 2 aromatic rings. The molecule has 0 unspecified atom stereocenters. The van der Waals surface area contributed by atoms with Crippen LogP contribution < -0.4 is 4.74 Å². The molecule has 0 aromatic heterocycles. The minimum Gasteiger partial charge on any atom is -0.479 e. The van der Waals surface area contributed by atoms with Crippen molar-refractivity contribution in [1.82, 2.24) is 4.90 Å². The second-order valence-electron chi connectivity index (χ2n) is 5.61. The lowest BCUT2D eigenvalue weighted by molar-refractivity contribution is -0.138. The van der Waals surface area contributed by atoms with Crippen LogP contribution >= 0.6 is 15.9 Å². The van der Waals surface area contributed by atoms with E-state index in [1.54, 1.807) is 19.0 Å². The Labute approximate surface area is 134 Å². The number of amides is 1. The first kappa shape index (κ1) is 15.8. The van der Waals surface area contributed by atoms with E-state index in [9.17, 15) is 4.79 Å². The van der Waals surface area contributed by atoms with Gasteiger partial charge in [0.15, 0.2) is 6.10 Å². The normalized spacial score (nSPS) is 12.5. The summed E-state index contributed by atoms with van der Waals surface area (Å²) in [5, 5.41) is 2.21. The lowest BCUT2D eigenvalue weighted by Gasteiger charge is -2.25. The van der Waals surface area contributed by atoms with Gasteiger partial charge in [0.1, 0.15) is 5.75 Å². The molecule has 2 aromatic carbocycles. The third-order valence-corrected chi connectivity index (χ3v) is 4.19. The molecule has 0 N–H and O–H groups in total. The van der Waals surface area contributed by atoms with Crippen LogP contribution in [0.15, 0.2) is 40.9 Å². The molecule has 2 rings (SSSR count). The minimum atomic E-state index is -0.488. The van der Waals surface area contributed by atoms with Gasteiger partial charge >= 0.3 is 0 Å². The van der Waals surface area contributed by atoms with Crippen LogP contribution in [0.5, 0.6) is 5.75 Å². The topological polar surface area (TPSA) is 29.5 Å². The number of ether oxygens (including phenoxy) is 1. The second kappa shape index (κ2) is 6.48. The van der Waals surface area contributed by atoms with E-state index in [0.29, 0.717) is 5.75 Å². The predicted molar refractivity (Wildman–Crippen MR) is 89.6 cm³/mol. The number of carbonyl (C=O) groups excluding carboxylic acids is 1. The van der Waals surface area contributed by atoms with Gasteiger partial charge in [-0.1, -0.05) is 44.2 Å². The van der Waals surface area contributed by atoms with Crippen LogP contribution in [-0.4, -0.2) is 31.0 Å². The van der Waals surface area contributed by atoms with Gasteiger partial charge in [0, 0.05) is 14.1 Å². The third kappa shape index (κ3) is 3.38. The Kier molecular flexibility index (Phi) is 4.88. The zero-order valence-corrected chi connectivity index (χ0v) is 14.3. The molecule has 3 nitrogen and oxygen atoms in total. The van der Waals surface area contributed by atoms with Gasteiger partial charge in [0.25, 0.3) is 5.91 Å². The number of halogens is 1. The SMILES string of the molecule is CC(C)[C@H](Oc1ccc2ccccc2c1Br)C(=O)N(C)C. The maximum absolute atomic E-state index is 12.2. The number of hydrogen-bond donors (Lipinski definition) is 0. The van der Waals surface area contributed by atoms with E-state index in [1.165, 1.54) is 0 Å². The third-order valence-electron chi connectivity index (χ3n) is 3.37. The molecule has 0 fully saturated rings. The van der Waals surface area contributed by atoms with Crippen LogP contribution in [-0.2, 0) is 4.79 Å². The Hall–Kier alpha value is -1.55. The van der Waals surface area contributed by atoms with Crippen molar-refractivity contribution in [2.24, 2.45) is 5.92 Å². The Bertz CT molecular complexity index is 652. The molecule has 0 saturated heterocycles. The van der Waals surface area contributed by atoms with Gasteiger partial charge < -0.3 is 9.64 Å². The summed E-state index contributed by atoms with van der Waals surface area (Å²) in [6.07, 6.45) is -0.488. The molecule has 0 heterocycles. The Balaban J connectivity index is 2.37. The van der Waals surface area contributed by atoms with Crippen LogP contribution in [0.4, 0.5) is 0 Å². The zero-order chi connectivity index (χ0) is 15.6. The summed E-state index contributed by atoms with van der Waals surface area (Å²) in [6.45, 7) is 3.97. The van der Waals surface area contributed by atoms with Gasteiger partial charge in [0.05, 0.1) is 4.47 Å². The maximum Gasteiger partial charge on any atom is 0.263 e. The molecular formula is C17H20BrNO2. The van der Waals surface area contributed by atoms with Gasteiger partial charge in [-0.2, -0.15) is 0 Å². The molecule has 1 atom stereocenters. The quantitative estimate of drug-likeness (QED) is 0.831. The van der Waals surface area contributed by atoms with Crippen molar-refractivity contribution >= 4 is 32.6 Å². The smallest absolute Gasteiger partial charge is 0.263 e. The number of benzene rings is 2. The number of likely N-dealkylation sites (N-methyl/N-ethyl adjacent to an activating group) is 1. The van der Waals surface area contributed by atoms with E-state index in [2.05, 4.69) is 22.0 Å². The highest BCUT2D eigenvalue weighted by Gasteiger charge is 2.26. The standard InChI is InChI=1S/C17H20BrNO2/c1-11(2)16(17(20)19(3)4)21-14-10-9-12-7-5-6-8-13(12)15(14)18/h5-11,16H,1-4H3/t16-/m0/s1. The van der Waals surface area contributed by atoms with Crippen LogP contribution in [0, 0.1) is 5.92 Å². The van der Waals surface area contributed by atoms with E-state index in [0.717, 1.165) is 15.2 Å². The molecule has 112 valence electrons. The fourth-order valence-corrected chi connectivity index (χ4v) is 2.75. The molecular weight excluding hydrogens is 330 g/mol. The molecule has 0 spiro atoms. The highest BCUT2D eigenvalue weighted by Crippen LogP contribution is 2.34. The largest absolute Gasteiger partial charge is 0.479 e. The van der Waals surface area contributed by atoms with Crippen LogP contribution in [0.1, 0.15) is 13.8 Å². The van der Waals surface area contributed by atoms with E-state index >= 15 is 0 Å². The summed E-state index contributed by atoms with van der Waals surface area (Å²) in [6, 6.07) is 12.0. The molecule has 0 aliphatic rings. The van der Waals surface area contributed by atoms with Crippen molar-refractivity contribution < 1.29 is 9.53 Å². The number of fused-ring (bicyclic) bond motifs is 1. The first-order valence-corrected chi connectivity index (χ1v) is 7.76. The summed E-state index contributed by atoms with van der Waals surface area (Å²) >= 11 is 3.60. The molecule has 1 amide bonds. The van der Waals surface area contributed by atoms with E-state index < -0.39 is 6.10 Å². The molecule has 0 aliphatic heterocycles. The van der Waals surface area contributed by atoms with Crippen LogP contribution in [0.2, 0.25) is 0 Å². The Morgan fingerprint density at radius 2 is 1.81 bits per heavy atom. The van der Waals surface area contributed by atoms with Crippen LogP contribution in [0.3, 0.4) is 0 Å². The molecule has 0 saturated carbocycles. The minimum absolute atomic E-state index is 0.0231. The van der Waals surface area contributed by atoms with Crippen molar-refractivity contribution in [3.8, 4) is 5.75 Å². The molecule has 0 aliphatic carbocycles. The summed E-state index contributed by atoms with van der Waals surface area (Å²) < 4.78 is 6.89. The van der Waals surface area contributed by atoms with Crippen LogP contribution in [0.25, 0.3) is 10.8 Å². The average Bonchev–Trinajstić information content (AvgIpc) is 2.45. The van der Waals surface area contributed by atoms with Crippen molar-refractivity contribution in [2.75, 3.05) is 14.1 Å². The van der Waals surface area contributed by atoms with Gasteiger partial charge in [-0.05, 0) is 38.7 Å². The number of hydrogen-bond acceptors (Lipinski definition) is 2. The summed E-state index contributed by atoms with van der Waals surface area (Å²) in [4.78, 5) is 13.8. The molecule has 4 heteroatoms. The van der Waals surface area contributed by atoms with Crippen molar-refractivity contribution in [1.29, 1.82) is 0 Å². The Morgan fingerprint density at radius 1 is 1.14 bits per heavy atom. The van der Waals surface area contributed by atoms with Crippen molar-refractivity contribution in [3.05, 3.63) is 40.9 Å². The first-order chi connectivity index (χ1) is 9.91. The summed E-state index contributed by atoms with van der Waals surface area (Å²) in [5.74, 6) is 0.769. The van der Waals surface area contributed by atoms with Crippen molar-refractivity contribution in [3.63, 3.8) is 0 Å². The fraction of sp³-hybridized carbons (Fsp3) is 0.353. The summed E-state index contributed by atoms with van der Waals surface area (Å²) in [7, 11) is 3.49.